The topological polar surface area (TPSA) is 9.23 Å². The molecule has 0 atom stereocenters. The van der Waals surface area contributed by atoms with Gasteiger partial charge < -0.3 is 0 Å². The van der Waals surface area contributed by atoms with Crippen LogP contribution in [-0.4, -0.2) is 32.4 Å². The molecule has 2 heteroatoms. The molecule has 92 valence electrons. The molecule has 0 aromatic rings. The van der Waals surface area contributed by atoms with Gasteiger partial charge in [0.25, 0.3) is 0 Å². The SMILES string of the molecule is CCCCCCCCCCO[N+](C)(C)C. The summed E-state index contributed by atoms with van der Waals surface area (Å²) in [5, 5.41) is 0. The Bertz CT molecular complexity index is 129. The molecule has 0 aliphatic heterocycles. The van der Waals surface area contributed by atoms with Gasteiger partial charge in [0.1, 0.15) is 6.61 Å². The molecule has 15 heavy (non-hydrogen) atoms. The van der Waals surface area contributed by atoms with Crippen molar-refractivity contribution < 1.29 is 9.48 Å². The molecule has 0 aliphatic rings. The lowest BCUT2D eigenvalue weighted by Crippen LogP contribution is -2.34. The molecule has 0 rings (SSSR count). The van der Waals surface area contributed by atoms with Crippen molar-refractivity contribution in [2.75, 3.05) is 27.7 Å². The third-order valence-electron chi connectivity index (χ3n) is 2.48. The average molecular weight is 216 g/mol. The molecule has 0 heterocycles. The number of hydrogen-bond acceptors (Lipinski definition) is 1. The highest BCUT2D eigenvalue weighted by Gasteiger charge is 2.06. The Kier molecular flexibility index (Phi) is 9.12. The fourth-order valence-corrected chi connectivity index (χ4v) is 1.57. The van der Waals surface area contributed by atoms with Gasteiger partial charge in [-0.15, -0.1) is 0 Å². The highest BCUT2D eigenvalue weighted by molar-refractivity contribution is 4.45. The van der Waals surface area contributed by atoms with Crippen LogP contribution in [0, 0.1) is 0 Å². The van der Waals surface area contributed by atoms with Crippen molar-refractivity contribution in [2.45, 2.75) is 58.3 Å². The summed E-state index contributed by atoms with van der Waals surface area (Å²) in [5.41, 5.74) is 0. The van der Waals surface area contributed by atoms with E-state index in [1.807, 2.05) is 0 Å². The molecule has 0 aromatic heterocycles. The highest BCUT2D eigenvalue weighted by atomic mass is 16.7. The lowest BCUT2D eigenvalue weighted by atomic mass is 10.1. The fraction of sp³-hybridized carbons (Fsp3) is 1.00. The van der Waals surface area contributed by atoms with E-state index >= 15 is 0 Å². The van der Waals surface area contributed by atoms with Gasteiger partial charge in [-0.2, -0.15) is 4.65 Å². The molecule has 0 amide bonds. The van der Waals surface area contributed by atoms with Crippen LogP contribution in [0.2, 0.25) is 0 Å². The maximum atomic E-state index is 5.61. The van der Waals surface area contributed by atoms with E-state index in [0.717, 1.165) is 6.61 Å². The number of hydrogen-bond donors (Lipinski definition) is 0. The van der Waals surface area contributed by atoms with Gasteiger partial charge in [-0.25, -0.2) is 4.84 Å². The quantitative estimate of drug-likeness (QED) is 0.307. The molecule has 0 saturated heterocycles. The van der Waals surface area contributed by atoms with Crippen molar-refractivity contribution in [1.82, 2.24) is 0 Å². The molecule has 0 saturated carbocycles. The number of quaternary nitrogens is 1. The van der Waals surface area contributed by atoms with Crippen molar-refractivity contribution in [1.29, 1.82) is 0 Å². The molecule has 0 unspecified atom stereocenters. The normalized spacial score (nSPS) is 12.0. The largest absolute Gasteiger partial charge is 0.204 e. The van der Waals surface area contributed by atoms with E-state index in [-0.39, 0.29) is 0 Å². The number of hydroxylamine groups is 3. The zero-order chi connectivity index (χ0) is 11.6. The van der Waals surface area contributed by atoms with E-state index < -0.39 is 0 Å². The maximum Gasteiger partial charge on any atom is 0.106 e. The molecular weight excluding hydrogens is 186 g/mol. The van der Waals surface area contributed by atoms with E-state index in [0.29, 0.717) is 4.65 Å². The van der Waals surface area contributed by atoms with Crippen molar-refractivity contribution >= 4 is 0 Å². The van der Waals surface area contributed by atoms with E-state index in [4.69, 9.17) is 4.84 Å². The lowest BCUT2D eigenvalue weighted by molar-refractivity contribution is -1.06. The summed E-state index contributed by atoms with van der Waals surface area (Å²) in [6.07, 6.45) is 10.9. The summed E-state index contributed by atoms with van der Waals surface area (Å²) in [4.78, 5) is 5.61. The molecule has 0 radical (unpaired) electrons. The number of rotatable bonds is 10. The molecule has 0 aliphatic carbocycles. The summed E-state index contributed by atoms with van der Waals surface area (Å²) in [7, 11) is 6.18. The molecule has 0 aromatic carbocycles. The minimum absolute atomic E-state index is 0.622. The van der Waals surface area contributed by atoms with Crippen LogP contribution in [0.4, 0.5) is 0 Å². The fourth-order valence-electron chi connectivity index (χ4n) is 1.57. The van der Waals surface area contributed by atoms with Crippen LogP contribution in [0.15, 0.2) is 0 Å². The first-order chi connectivity index (χ1) is 7.06. The zero-order valence-electron chi connectivity index (χ0n) is 11.2. The standard InChI is InChI=1S/C13H30NO/c1-5-6-7-8-9-10-11-12-13-15-14(2,3)4/h5-13H2,1-4H3/q+1. The van der Waals surface area contributed by atoms with Crippen LogP contribution in [0.3, 0.4) is 0 Å². The van der Waals surface area contributed by atoms with Gasteiger partial charge in [0.15, 0.2) is 0 Å². The number of unbranched alkanes of at least 4 members (excludes halogenated alkanes) is 7. The third kappa shape index (κ3) is 13.9. The molecule has 0 spiro atoms. The Balaban J connectivity index is 2.99. The van der Waals surface area contributed by atoms with Crippen LogP contribution in [0.25, 0.3) is 0 Å². The van der Waals surface area contributed by atoms with Gasteiger partial charge in [0.2, 0.25) is 0 Å². The predicted molar refractivity (Wildman–Crippen MR) is 66.6 cm³/mol. The maximum absolute atomic E-state index is 5.61. The summed E-state index contributed by atoms with van der Waals surface area (Å²) in [5.74, 6) is 0. The smallest absolute Gasteiger partial charge is 0.106 e. The highest BCUT2D eigenvalue weighted by Crippen LogP contribution is 2.08. The second-order valence-corrected chi connectivity index (χ2v) is 5.20. The Hall–Kier alpha value is -0.0800. The molecule has 0 fully saturated rings. The van der Waals surface area contributed by atoms with E-state index in [2.05, 4.69) is 28.1 Å². The van der Waals surface area contributed by atoms with Crippen LogP contribution >= 0.6 is 0 Å². The molecular formula is C13H30NO+. The van der Waals surface area contributed by atoms with Gasteiger partial charge >= 0.3 is 0 Å². The van der Waals surface area contributed by atoms with Crippen LogP contribution < -0.4 is 0 Å². The second-order valence-electron chi connectivity index (χ2n) is 5.20. The first kappa shape index (κ1) is 14.9. The van der Waals surface area contributed by atoms with Gasteiger partial charge in [-0.1, -0.05) is 51.9 Å². The lowest BCUT2D eigenvalue weighted by Gasteiger charge is -2.20. The Morgan fingerprint density at radius 1 is 0.733 bits per heavy atom. The minimum atomic E-state index is 0.622. The first-order valence-electron chi connectivity index (χ1n) is 6.52. The van der Waals surface area contributed by atoms with Crippen molar-refractivity contribution in [2.24, 2.45) is 0 Å². The van der Waals surface area contributed by atoms with Gasteiger partial charge in [0.05, 0.1) is 21.1 Å². The van der Waals surface area contributed by atoms with E-state index in [1.165, 1.54) is 51.4 Å². The van der Waals surface area contributed by atoms with Gasteiger partial charge in [-0.3, -0.25) is 0 Å². The van der Waals surface area contributed by atoms with E-state index in [1.54, 1.807) is 0 Å². The van der Waals surface area contributed by atoms with Crippen molar-refractivity contribution in [3.05, 3.63) is 0 Å². The Morgan fingerprint density at radius 2 is 1.20 bits per heavy atom. The van der Waals surface area contributed by atoms with Crippen molar-refractivity contribution in [3.63, 3.8) is 0 Å². The number of nitrogens with zero attached hydrogens (tertiary/aromatic N) is 1. The summed E-state index contributed by atoms with van der Waals surface area (Å²) >= 11 is 0. The molecule has 0 bridgehead atoms. The monoisotopic (exact) mass is 216 g/mol. The molecule has 0 N–H and O–H groups in total. The van der Waals surface area contributed by atoms with Gasteiger partial charge in [-0.05, 0) is 6.42 Å². The Morgan fingerprint density at radius 3 is 1.67 bits per heavy atom. The van der Waals surface area contributed by atoms with Crippen LogP contribution in [0.5, 0.6) is 0 Å². The summed E-state index contributed by atoms with van der Waals surface area (Å²) < 4.78 is 0.622. The third-order valence-corrected chi connectivity index (χ3v) is 2.48. The summed E-state index contributed by atoms with van der Waals surface area (Å²) in [6, 6.07) is 0. The predicted octanol–water partition coefficient (Wildman–Crippen LogP) is 3.76. The van der Waals surface area contributed by atoms with Crippen LogP contribution in [-0.2, 0) is 4.84 Å². The zero-order valence-corrected chi connectivity index (χ0v) is 11.2. The Labute approximate surface area is 96.2 Å². The first-order valence-corrected chi connectivity index (χ1v) is 6.52. The van der Waals surface area contributed by atoms with Gasteiger partial charge in [0, 0.05) is 0 Å². The van der Waals surface area contributed by atoms with Crippen molar-refractivity contribution in [3.8, 4) is 0 Å². The minimum Gasteiger partial charge on any atom is -0.204 e. The van der Waals surface area contributed by atoms with Crippen LogP contribution in [0.1, 0.15) is 58.3 Å². The van der Waals surface area contributed by atoms with E-state index in [9.17, 15) is 0 Å². The molecule has 2 nitrogen and oxygen atoms in total. The average Bonchev–Trinajstić information content (AvgIpc) is 2.14. The summed E-state index contributed by atoms with van der Waals surface area (Å²) in [6.45, 7) is 3.17. The second kappa shape index (κ2) is 9.17.